The first-order valence-corrected chi connectivity index (χ1v) is 8.31. The summed E-state index contributed by atoms with van der Waals surface area (Å²) in [6.07, 6.45) is 0.867. The van der Waals surface area contributed by atoms with E-state index < -0.39 is 15.6 Å². The van der Waals surface area contributed by atoms with Crippen molar-refractivity contribution in [3.8, 4) is 11.8 Å². The molecule has 0 aromatic heterocycles. The van der Waals surface area contributed by atoms with Crippen LogP contribution in [0.2, 0.25) is 0 Å². The molecule has 5 nitrogen and oxygen atoms in total. The Morgan fingerprint density at radius 1 is 1.33 bits per heavy atom. The van der Waals surface area contributed by atoms with Gasteiger partial charge < -0.3 is 10.8 Å². The van der Waals surface area contributed by atoms with Gasteiger partial charge in [0, 0.05) is 18.7 Å². The van der Waals surface area contributed by atoms with Crippen LogP contribution in [0.25, 0.3) is 0 Å². The molecule has 0 aliphatic carbocycles. The zero-order chi connectivity index (χ0) is 15.5. The number of rotatable bonds is 2. The number of piperidine rings is 1. The van der Waals surface area contributed by atoms with Crippen molar-refractivity contribution in [2.24, 2.45) is 5.73 Å². The van der Waals surface area contributed by atoms with Gasteiger partial charge in [0.25, 0.3) is 0 Å². The summed E-state index contributed by atoms with van der Waals surface area (Å²) in [5.41, 5.74) is 5.02. The minimum atomic E-state index is -3.59. The van der Waals surface area contributed by atoms with Gasteiger partial charge in [-0.3, -0.25) is 0 Å². The molecule has 1 aromatic rings. The smallest absolute Gasteiger partial charge is 0.244 e. The zero-order valence-corrected chi connectivity index (χ0v) is 12.9. The molecule has 0 unspecified atom stereocenters. The Bertz CT molecular complexity index is 662. The molecule has 1 fully saturated rings. The van der Waals surface area contributed by atoms with Crippen LogP contribution in [0.3, 0.4) is 0 Å². The van der Waals surface area contributed by atoms with Gasteiger partial charge in [-0.25, -0.2) is 8.42 Å². The van der Waals surface area contributed by atoms with E-state index in [0.29, 0.717) is 31.5 Å². The first kappa shape index (κ1) is 16.0. The Hall–Kier alpha value is -1.39. The molecule has 6 heteroatoms. The number of hydrogen-bond acceptors (Lipinski definition) is 4. The molecule has 0 radical (unpaired) electrons. The van der Waals surface area contributed by atoms with Gasteiger partial charge >= 0.3 is 0 Å². The maximum absolute atomic E-state index is 12.7. The van der Waals surface area contributed by atoms with Gasteiger partial charge in [0.15, 0.2) is 0 Å². The van der Waals surface area contributed by atoms with Gasteiger partial charge in [0.05, 0.1) is 17.0 Å². The Morgan fingerprint density at radius 2 is 1.95 bits per heavy atom. The zero-order valence-electron chi connectivity index (χ0n) is 12.0. The summed E-state index contributed by atoms with van der Waals surface area (Å²) in [6.45, 7) is 2.54. The number of benzene rings is 1. The third kappa shape index (κ3) is 3.63. The van der Waals surface area contributed by atoms with Gasteiger partial charge in [0.1, 0.15) is 0 Å². The molecule has 114 valence electrons. The van der Waals surface area contributed by atoms with E-state index in [4.69, 9.17) is 5.73 Å². The Labute approximate surface area is 125 Å². The molecule has 1 saturated heterocycles. The average molecular weight is 308 g/mol. The van der Waals surface area contributed by atoms with E-state index in [1.54, 1.807) is 31.2 Å². The van der Waals surface area contributed by atoms with Crippen LogP contribution in [0.15, 0.2) is 29.2 Å². The molecular weight excluding hydrogens is 288 g/mol. The van der Waals surface area contributed by atoms with E-state index >= 15 is 0 Å². The van der Waals surface area contributed by atoms with E-state index in [9.17, 15) is 13.5 Å². The molecule has 0 atom stereocenters. The van der Waals surface area contributed by atoms with Gasteiger partial charge in [-0.2, -0.15) is 4.31 Å². The lowest BCUT2D eigenvalue weighted by molar-refractivity contribution is 0.0126. The molecule has 1 aliphatic heterocycles. The minimum absolute atomic E-state index is 0.182. The van der Waals surface area contributed by atoms with Crippen LogP contribution in [0.4, 0.5) is 0 Å². The van der Waals surface area contributed by atoms with Gasteiger partial charge in [-0.1, -0.05) is 24.0 Å². The lowest BCUT2D eigenvalue weighted by atomic mass is 9.95. The molecule has 1 aliphatic rings. The largest absolute Gasteiger partial charge is 0.390 e. The molecule has 3 N–H and O–H groups in total. The van der Waals surface area contributed by atoms with Crippen molar-refractivity contribution in [2.75, 3.05) is 19.6 Å². The van der Waals surface area contributed by atoms with Crippen LogP contribution in [-0.2, 0) is 10.0 Å². The maximum Gasteiger partial charge on any atom is 0.244 e. The van der Waals surface area contributed by atoms with Crippen molar-refractivity contribution in [1.29, 1.82) is 0 Å². The van der Waals surface area contributed by atoms with Crippen molar-refractivity contribution < 1.29 is 13.5 Å². The van der Waals surface area contributed by atoms with Crippen LogP contribution in [0.5, 0.6) is 0 Å². The summed E-state index contributed by atoms with van der Waals surface area (Å²) in [6, 6.07) is 6.67. The highest BCUT2D eigenvalue weighted by Gasteiger charge is 2.34. The van der Waals surface area contributed by atoms with Crippen LogP contribution in [-0.4, -0.2) is 43.1 Å². The SMILES string of the molecule is CC1(O)CCN(S(=O)(=O)c2ccccc2C#CCN)CC1. The third-order valence-electron chi connectivity index (χ3n) is 3.63. The molecule has 2 rings (SSSR count). The summed E-state index contributed by atoms with van der Waals surface area (Å²) >= 11 is 0. The van der Waals surface area contributed by atoms with Gasteiger partial charge in [-0.15, -0.1) is 0 Å². The summed E-state index contributed by atoms with van der Waals surface area (Å²) in [5.74, 6) is 5.49. The van der Waals surface area contributed by atoms with Crippen LogP contribution >= 0.6 is 0 Å². The number of hydrogen-bond donors (Lipinski definition) is 2. The summed E-state index contributed by atoms with van der Waals surface area (Å²) in [5, 5.41) is 9.94. The molecule has 0 spiro atoms. The fraction of sp³-hybridized carbons (Fsp3) is 0.467. The molecule has 1 heterocycles. The fourth-order valence-corrected chi connectivity index (χ4v) is 3.88. The topological polar surface area (TPSA) is 83.6 Å². The molecule has 0 saturated carbocycles. The Morgan fingerprint density at radius 3 is 2.57 bits per heavy atom. The third-order valence-corrected chi connectivity index (χ3v) is 5.59. The number of nitrogens with zero attached hydrogens (tertiary/aromatic N) is 1. The second kappa shape index (κ2) is 6.16. The van der Waals surface area contributed by atoms with Crippen molar-refractivity contribution in [3.63, 3.8) is 0 Å². The molecular formula is C15H20N2O3S. The highest BCUT2D eigenvalue weighted by molar-refractivity contribution is 7.89. The number of aliphatic hydroxyl groups is 1. The lowest BCUT2D eigenvalue weighted by Gasteiger charge is -2.35. The van der Waals surface area contributed by atoms with Crippen LogP contribution in [0.1, 0.15) is 25.3 Å². The van der Waals surface area contributed by atoms with Gasteiger partial charge in [-0.05, 0) is 31.9 Å². The predicted molar refractivity (Wildman–Crippen MR) is 81.0 cm³/mol. The summed E-state index contributed by atoms with van der Waals surface area (Å²) in [7, 11) is -3.59. The lowest BCUT2D eigenvalue weighted by Crippen LogP contribution is -2.45. The highest BCUT2D eigenvalue weighted by atomic mass is 32.2. The fourth-order valence-electron chi connectivity index (χ4n) is 2.29. The first-order chi connectivity index (χ1) is 9.87. The quantitative estimate of drug-likeness (QED) is 0.781. The standard InChI is InChI=1S/C15H20N2O3S/c1-15(18)8-11-17(12-9-15)21(19,20)14-7-3-2-5-13(14)6-4-10-16/h2-3,5,7,18H,8-12,16H2,1H3. The molecule has 21 heavy (non-hydrogen) atoms. The molecule has 0 bridgehead atoms. The average Bonchev–Trinajstić information content (AvgIpc) is 2.45. The minimum Gasteiger partial charge on any atom is -0.390 e. The molecule has 1 aromatic carbocycles. The normalized spacial score (nSPS) is 18.8. The monoisotopic (exact) mass is 308 g/mol. The Balaban J connectivity index is 2.33. The van der Waals surface area contributed by atoms with Crippen LogP contribution in [0, 0.1) is 11.8 Å². The summed E-state index contributed by atoms with van der Waals surface area (Å²) in [4.78, 5) is 0.201. The first-order valence-electron chi connectivity index (χ1n) is 6.87. The highest BCUT2D eigenvalue weighted by Crippen LogP contribution is 2.27. The van der Waals surface area contributed by atoms with E-state index in [1.807, 2.05) is 0 Å². The summed E-state index contributed by atoms with van der Waals surface area (Å²) < 4.78 is 26.9. The van der Waals surface area contributed by atoms with Crippen LogP contribution < -0.4 is 5.73 Å². The second-order valence-corrected chi connectivity index (χ2v) is 7.31. The van der Waals surface area contributed by atoms with E-state index in [-0.39, 0.29) is 11.4 Å². The van der Waals surface area contributed by atoms with Crippen molar-refractivity contribution in [3.05, 3.63) is 29.8 Å². The van der Waals surface area contributed by atoms with E-state index in [2.05, 4.69) is 11.8 Å². The van der Waals surface area contributed by atoms with Crippen molar-refractivity contribution in [1.82, 2.24) is 4.31 Å². The number of nitrogens with two attached hydrogens (primary N) is 1. The molecule has 0 amide bonds. The van der Waals surface area contributed by atoms with E-state index in [1.165, 1.54) is 4.31 Å². The number of sulfonamides is 1. The predicted octanol–water partition coefficient (Wildman–Crippen LogP) is 0.532. The second-order valence-electron chi connectivity index (χ2n) is 5.40. The van der Waals surface area contributed by atoms with Crippen molar-refractivity contribution in [2.45, 2.75) is 30.3 Å². The van der Waals surface area contributed by atoms with E-state index in [0.717, 1.165) is 0 Å². The Kier molecular flexibility index (Phi) is 4.69. The van der Waals surface area contributed by atoms with Gasteiger partial charge in [0.2, 0.25) is 10.0 Å². The maximum atomic E-state index is 12.7. The van der Waals surface area contributed by atoms with Crippen molar-refractivity contribution >= 4 is 10.0 Å².